The highest BCUT2D eigenvalue weighted by molar-refractivity contribution is 5.75. The zero-order valence-electron chi connectivity index (χ0n) is 13.3. The van der Waals surface area contributed by atoms with E-state index in [2.05, 4.69) is 4.98 Å². The lowest BCUT2D eigenvalue weighted by atomic mass is 10.1. The molecule has 0 saturated carbocycles. The van der Waals surface area contributed by atoms with E-state index in [4.69, 9.17) is 0 Å². The van der Waals surface area contributed by atoms with Crippen LogP contribution >= 0.6 is 0 Å². The minimum atomic E-state index is -0.369. The van der Waals surface area contributed by atoms with Crippen LogP contribution < -0.4 is 11.2 Å². The minimum Gasteiger partial charge on any atom is -0.325 e. The highest BCUT2D eigenvalue weighted by atomic mass is 16.2. The number of carbonyl (C=O) groups excluding carboxylic acids is 1. The van der Waals surface area contributed by atoms with Gasteiger partial charge in [-0.3, -0.25) is 13.9 Å². The van der Waals surface area contributed by atoms with Gasteiger partial charge in [0, 0.05) is 27.1 Å². The molecule has 2 aromatic heterocycles. The molecule has 22 heavy (non-hydrogen) atoms. The smallest absolute Gasteiger partial charge is 0.325 e. The fraction of sp³-hybridized carbons (Fsp3) is 0.600. The van der Waals surface area contributed by atoms with Crippen molar-refractivity contribution in [3.05, 3.63) is 27.2 Å². The van der Waals surface area contributed by atoms with E-state index in [1.54, 1.807) is 20.3 Å². The number of Topliss-reactive ketones (excluding diaryl/α,β-unsaturated/α-hetero) is 1. The van der Waals surface area contributed by atoms with Gasteiger partial charge in [-0.1, -0.05) is 12.8 Å². The molecule has 0 fully saturated rings. The van der Waals surface area contributed by atoms with Gasteiger partial charge in [0.25, 0.3) is 5.56 Å². The normalized spacial score (nSPS) is 11.2. The molecule has 0 saturated heterocycles. The first-order valence-corrected chi connectivity index (χ1v) is 7.53. The fourth-order valence-corrected chi connectivity index (χ4v) is 2.58. The van der Waals surface area contributed by atoms with E-state index < -0.39 is 0 Å². The Balaban J connectivity index is 2.09. The van der Waals surface area contributed by atoms with Crippen LogP contribution in [0.5, 0.6) is 0 Å². The van der Waals surface area contributed by atoms with Gasteiger partial charge in [-0.05, 0) is 19.8 Å². The lowest BCUT2D eigenvalue weighted by Gasteiger charge is -2.06. The average molecular weight is 306 g/mol. The number of ketones is 1. The van der Waals surface area contributed by atoms with Gasteiger partial charge in [0.15, 0.2) is 11.2 Å². The van der Waals surface area contributed by atoms with Crippen molar-refractivity contribution in [2.45, 2.75) is 45.6 Å². The second-order valence-corrected chi connectivity index (χ2v) is 5.68. The Morgan fingerprint density at radius 3 is 2.45 bits per heavy atom. The van der Waals surface area contributed by atoms with Crippen LogP contribution in [-0.2, 0) is 25.4 Å². The van der Waals surface area contributed by atoms with Crippen LogP contribution in [0.3, 0.4) is 0 Å². The zero-order valence-corrected chi connectivity index (χ0v) is 13.3. The first-order valence-electron chi connectivity index (χ1n) is 7.53. The minimum absolute atomic E-state index is 0.227. The zero-order chi connectivity index (χ0) is 16.3. The predicted octanol–water partition coefficient (Wildman–Crippen LogP) is 0.973. The molecular weight excluding hydrogens is 284 g/mol. The van der Waals surface area contributed by atoms with Gasteiger partial charge in [0.05, 0.1) is 6.33 Å². The fourth-order valence-electron chi connectivity index (χ4n) is 2.58. The molecule has 0 aliphatic heterocycles. The molecule has 0 N–H and O–H groups in total. The van der Waals surface area contributed by atoms with E-state index in [1.807, 2.05) is 4.57 Å². The van der Waals surface area contributed by atoms with Crippen LogP contribution in [0.2, 0.25) is 0 Å². The second kappa shape index (κ2) is 6.72. The summed E-state index contributed by atoms with van der Waals surface area (Å²) >= 11 is 0. The highest BCUT2D eigenvalue weighted by Crippen LogP contribution is 2.09. The quantitative estimate of drug-likeness (QED) is 0.714. The summed E-state index contributed by atoms with van der Waals surface area (Å²) in [6, 6.07) is 0. The number of hydrogen-bond donors (Lipinski definition) is 0. The van der Waals surface area contributed by atoms with Crippen molar-refractivity contribution in [1.29, 1.82) is 0 Å². The van der Waals surface area contributed by atoms with Crippen molar-refractivity contribution < 1.29 is 4.79 Å². The maximum absolute atomic E-state index is 12.2. The molecule has 7 nitrogen and oxygen atoms in total. The van der Waals surface area contributed by atoms with Crippen LogP contribution in [0.25, 0.3) is 11.2 Å². The van der Waals surface area contributed by atoms with Crippen LogP contribution in [0.1, 0.15) is 39.0 Å². The van der Waals surface area contributed by atoms with E-state index in [0.29, 0.717) is 24.1 Å². The van der Waals surface area contributed by atoms with Gasteiger partial charge >= 0.3 is 5.69 Å². The number of hydrogen-bond acceptors (Lipinski definition) is 4. The number of unbranched alkanes of at least 4 members (excludes halogenated alkanes) is 3. The summed E-state index contributed by atoms with van der Waals surface area (Å²) in [5, 5.41) is 0. The number of rotatable bonds is 7. The lowest BCUT2D eigenvalue weighted by molar-refractivity contribution is -0.117. The largest absolute Gasteiger partial charge is 0.332 e. The van der Waals surface area contributed by atoms with E-state index in [-0.39, 0.29) is 17.0 Å². The molecule has 0 atom stereocenters. The first-order chi connectivity index (χ1) is 10.4. The van der Waals surface area contributed by atoms with Crippen LogP contribution in [0.4, 0.5) is 0 Å². The van der Waals surface area contributed by atoms with E-state index in [0.717, 1.165) is 30.3 Å². The molecule has 0 aliphatic rings. The third-order valence-corrected chi connectivity index (χ3v) is 3.90. The summed E-state index contributed by atoms with van der Waals surface area (Å²) in [5.41, 5.74) is 0.206. The summed E-state index contributed by atoms with van der Waals surface area (Å²) in [5.74, 6) is 0.227. The van der Waals surface area contributed by atoms with Crippen LogP contribution in [-0.4, -0.2) is 24.5 Å². The molecule has 120 valence electrons. The first kappa shape index (κ1) is 16.2. The summed E-state index contributed by atoms with van der Waals surface area (Å²) in [7, 11) is 3.09. The van der Waals surface area contributed by atoms with Gasteiger partial charge in [-0.2, -0.15) is 0 Å². The summed E-state index contributed by atoms with van der Waals surface area (Å²) in [6.07, 6.45) is 6.07. The molecule has 0 aliphatic carbocycles. The Bertz CT molecular complexity index is 797. The molecule has 0 unspecified atom stereocenters. The van der Waals surface area contributed by atoms with Crippen molar-refractivity contribution in [2.24, 2.45) is 14.1 Å². The van der Waals surface area contributed by atoms with Gasteiger partial charge in [0.2, 0.25) is 0 Å². The van der Waals surface area contributed by atoms with Crippen LogP contribution in [0.15, 0.2) is 15.9 Å². The Labute approximate surface area is 128 Å². The average Bonchev–Trinajstić information content (AvgIpc) is 2.90. The van der Waals surface area contributed by atoms with Crippen molar-refractivity contribution in [2.75, 3.05) is 0 Å². The summed E-state index contributed by atoms with van der Waals surface area (Å²) in [6.45, 7) is 2.29. The molecule has 7 heteroatoms. The third kappa shape index (κ3) is 3.18. The topological polar surface area (TPSA) is 78.9 Å². The van der Waals surface area contributed by atoms with Gasteiger partial charge in [0.1, 0.15) is 5.78 Å². The molecule has 0 bridgehead atoms. The van der Waals surface area contributed by atoms with Gasteiger partial charge in [-0.15, -0.1) is 0 Å². The van der Waals surface area contributed by atoms with Crippen molar-refractivity contribution in [1.82, 2.24) is 18.7 Å². The number of aryl methyl sites for hydroxylation is 2. The highest BCUT2D eigenvalue weighted by Gasteiger charge is 2.13. The molecule has 0 spiro atoms. The molecule has 2 heterocycles. The Hall–Kier alpha value is -2.18. The number of nitrogens with zero attached hydrogens (tertiary/aromatic N) is 4. The lowest BCUT2D eigenvalue weighted by Crippen LogP contribution is -2.37. The predicted molar refractivity (Wildman–Crippen MR) is 84.0 cm³/mol. The SMILES string of the molecule is CC(=O)CCCCCCn1cnc2c1c(=O)n(C)c(=O)n2C. The van der Waals surface area contributed by atoms with E-state index in [1.165, 1.54) is 11.6 Å². The van der Waals surface area contributed by atoms with Gasteiger partial charge < -0.3 is 9.36 Å². The van der Waals surface area contributed by atoms with Crippen molar-refractivity contribution in [3.63, 3.8) is 0 Å². The standard InChI is InChI=1S/C15H22N4O3/c1-11(20)8-6-4-5-7-9-19-10-16-13-12(19)14(21)18(3)15(22)17(13)2/h10H,4-9H2,1-3H3. The molecule has 2 aromatic rings. The summed E-state index contributed by atoms with van der Waals surface area (Å²) < 4.78 is 4.30. The number of carbonyl (C=O) groups is 1. The molecule has 0 aromatic carbocycles. The Morgan fingerprint density at radius 1 is 1.09 bits per heavy atom. The number of fused-ring (bicyclic) bond motifs is 1. The second-order valence-electron chi connectivity index (χ2n) is 5.68. The Kier molecular flexibility index (Phi) is 4.95. The number of imidazole rings is 1. The maximum atomic E-state index is 12.2. The van der Waals surface area contributed by atoms with Crippen molar-refractivity contribution >= 4 is 16.9 Å². The molecule has 0 amide bonds. The summed E-state index contributed by atoms with van der Waals surface area (Å²) in [4.78, 5) is 39.1. The van der Waals surface area contributed by atoms with E-state index in [9.17, 15) is 14.4 Å². The Morgan fingerprint density at radius 2 is 1.77 bits per heavy atom. The molecule has 2 rings (SSSR count). The monoisotopic (exact) mass is 306 g/mol. The number of aromatic nitrogens is 4. The molecule has 0 radical (unpaired) electrons. The van der Waals surface area contributed by atoms with Crippen molar-refractivity contribution in [3.8, 4) is 0 Å². The van der Waals surface area contributed by atoms with Crippen LogP contribution in [0, 0.1) is 0 Å². The van der Waals surface area contributed by atoms with E-state index >= 15 is 0 Å². The van der Waals surface area contributed by atoms with Gasteiger partial charge in [-0.25, -0.2) is 9.78 Å². The molecular formula is C15H22N4O3. The third-order valence-electron chi connectivity index (χ3n) is 3.90. The maximum Gasteiger partial charge on any atom is 0.332 e.